The van der Waals surface area contributed by atoms with Crippen molar-refractivity contribution < 1.29 is 14.0 Å². The van der Waals surface area contributed by atoms with Gasteiger partial charge in [-0.1, -0.05) is 30.3 Å². The van der Waals surface area contributed by atoms with Crippen molar-refractivity contribution in [3.05, 3.63) is 95.3 Å². The number of carbonyl (C=O) groups excluding carboxylic acids is 2. The molecule has 4 nitrogen and oxygen atoms in total. The van der Waals surface area contributed by atoms with Crippen LogP contribution >= 0.6 is 11.8 Å². The second-order valence-corrected chi connectivity index (χ2v) is 7.92. The molecule has 1 aliphatic heterocycles. The summed E-state index contributed by atoms with van der Waals surface area (Å²) in [6.07, 6.45) is 0. The highest BCUT2D eigenvalue weighted by Gasteiger charge is 2.34. The van der Waals surface area contributed by atoms with Crippen LogP contribution in [0.2, 0.25) is 0 Å². The number of nitrogens with one attached hydrogen (secondary N) is 1. The molecule has 6 heteroatoms. The number of halogens is 1. The van der Waals surface area contributed by atoms with Gasteiger partial charge in [-0.2, -0.15) is 0 Å². The monoisotopic (exact) mass is 406 g/mol. The fourth-order valence-corrected chi connectivity index (χ4v) is 4.47. The molecule has 1 N–H and O–H groups in total. The van der Waals surface area contributed by atoms with Crippen LogP contribution in [0.4, 0.5) is 15.8 Å². The van der Waals surface area contributed by atoms with Gasteiger partial charge in [0.15, 0.2) is 0 Å². The van der Waals surface area contributed by atoms with Gasteiger partial charge in [0.1, 0.15) is 11.2 Å². The van der Waals surface area contributed by atoms with Crippen molar-refractivity contribution in [1.82, 2.24) is 0 Å². The van der Waals surface area contributed by atoms with E-state index in [-0.39, 0.29) is 22.8 Å². The lowest BCUT2D eigenvalue weighted by molar-refractivity contribution is -0.115. The average molecular weight is 406 g/mol. The zero-order chi connectivity index (χ0) is 20.4. The molecule has 2 amide bonds. The second kappa shape index (κ2) is 8.09. The first kappa shape index (κ1) is 19.2. The minimum Gasteiger partial charge on any atom is -0.322 e. The molecule has 1 atom stereocenters. The van der Waals surface area contributed by atoms with Gasteiger partial charge < -0.3 is 5.32 Å². The number of thioether (sulfide) groups is 1. The topological polar surface area (TPSA) is 49.4 Å². The third-order valence-electron chi connectivity index (χ3n) is 4.69. The van der Waals surface area contributed by atoms with Crippen molar-refractivity contribution in [2.75, 3.05) is 16.0 Å². The van der Waals surface area contributed by atoms with E-state index in [2.05, 4.69) is 5.32 Å². The molecule has 4 rings (SSSR count). The van der Waals surface area contributed by atoms with Gasteiger partial charge in [-0.15, -0.1) is 11.8 Å². The Labute approximate surface area is 172 Å². The molecule has 1 fully saturated rings. The normalized spacial score (nSPS) is 16.1. The zero-order valence-corrected chi connectivity index (χ0v) is 16.6. The van der Waals surface area contributed by atoms with Crippen LogP contribution in [-0.2, 0) is 4.79 Å². The fraction of sp³-hybridized carbons (Fsp3) is 0.130. The van der Waals surface area contributed by atoms with Crippen LogP contribution in [0.5, 0.6) is 0 Å². The van der Waals surface area contributed by atoms with Crippen molar-refractivity contribution in [2.45, 2.75) is 12.3 Å². The Morgan fingerprint density at radius 2 is 1.83 bits per heavy atom. The van der Waals surface area contributed by atoms with Crippen molar-refractivity contribution in [3.63, 3.8) is 0 Å². The Bertz CT molecular complexity index is 1070. The summed E-state index contributed by atoms with van der Waals surface area (Å²) in [5, 5.41) is 2.66. The largest absolute Gasteiger partial charge is 0.322 e. The number of rotatable bonds is 4. The van der Waals surface area contributed by atoms with E-state index in [4.69, 9.17) is 0 Å². The molecule has 0 bridgehead atoms. The number of amides is 2. The maximum Gasteiger partial charge on any atom is 0.255 e. The number of anilines is 2. The predicted molar refractivity (Wildman–Crippen MR) is 115 cm³/mol. The molecule has 3 aromatic carbocycles. The van der Waals surface area contributed by atoms with Crippen molar-refractivity contribution >= 4 is 35.0 Å². The Hall–Kier alpha value is -3.12. The number of hydrogen-bond donors (Lipinski definition) is 1. The highest BCUT2D eigenvalue weighted by molar-refractivity contribution is 8.00. The average Bonchev–Trinajstić information content (AvgIpc) is 3.10. The smallest absolute Gasteiger partial charge is 0.255 e. The third-order valence-corrected chi connectivity index (χ3v) is 5.90. The van der Waals surface area contributed by atoms with E-state index in [0.717, 1.165) is 16.8 Å². The van der Waals surface area contributed by atoms with E-state index < -0.39 is 5.82 Å². The van der Waals surface area contributed by atoms with Crippen LogP contribution in [-0.4, -0.2) is 17.6 Å². The molecule has 0 unspecified atom stereocenters. The van der Waals surface area contributed by atoms with E-state index in [0.29, 0.717) is 11.4 Å². The summed E-state index contributed by atoms with van der Waals surface area (Å²) in [5.74, 6) is -0.318. The molecule has 1 aliphatic rings. The molecular formula is C23H19FN2O2S. The maximum atomic E-state index is 13.3. The van der Waals surface area contributed by atoms with Gasteiger partial charge in [-0.3, -0.25) is 14.5 Å². The predicted octanol–water partition coefficient (Wildman–Crippen LogP) is 5.17. The van der Waals surface area contributed by atoms with E-state index >= 15 is 0 Å². The van der Waals surface area contributed by atoms with Crippen LogP contribution < -0.4 is 10.2 Å². The zero-order valence-electron chi connectivity index (χ0n) is 15.8. The first-order valence-corrected chi connectivity index (χ1v) is 10.2. The maximum absolute atomic E-state index is 13.3. The van der Waals surface area contributed by atoms with Gasteiger partial charge >= 0.3 is 0 Å². The van der Waals surface area contributed by atoms with Crippen LogP contribution in [0.1, 0.15) is 26.9 Å². The third kappa shape index (κ3) is 4.17. The number of benzene rings is 3. The molecule has 1 heterocycles. The van der Waals surface area contributed by atoms with Gasteiger partial charge in [-0.25, -0.2) is 4.39 Å². The molecule has 0 saturated carbocycles. The number of hydrogen-bond acceptors (Lipinski definition) is 3. The van der Waals surface area contributed by atoms with E-state index in [1.54, 1.807) is 30.0 Å². The Balaban J connectivity index is 1.52. The van der Waals surface area contributed by atoms with Gasteiger partial charge in [-0.05, 0) is 60.5 Å². The van der Waals surface area contributed by atoms with Gasteiger partial charge in [0.2, 0.25) is 5.91 Å². The summed E-state index contributed by atoms with van der Waals surface area (Å²) in [6, 6.07) is 20.9. The Kier molecular flexibility index (Phi) is 5.36. The molecular weight excluding hydrogens is 387 g/mol. The standard InChI is InChI=1S/C23H19FN2O2S/c1-15-4-2-7-20(12-15)26-21(27)14-29-23(26)16-8-10-19(11-9-16)25-22(28)17-5-3-6-18(24)13-17/h2-13,23H,14H2,1H3,(H,25,28)/t23-/m1/s1. The fourth-order valence-electron chi connectivity index (χ4n) is 3.29. The van der Waals surface area contributed by atoms with Crippen molar-refractivity contribution in [2.24, 2.45) is 0 Å². The summed E-state index contributed by atoms with van der Waals surface area (Å²) in [7, 11) is 0. The lowest BCUT2D eigenvalue weighted by Crippen LogP contribution is -2.27. The molecule has 0 aliphatic carbocycles. The minimum atomic E-state index is -0.452. The Morgan fingerprint density at radius 3 is 2.55 bits per heavy atom. The van der Waals surface area contributed by atoms with Crippen LogP contribution in [0.25, 0.3) is 0 Å². The molecule has 1 saturated heterocycles. The quantitative estimate of drug-likeness (QED) is 0.651. The lowest BCUT2D eigenvalue weighted by atomic mass is 10.1. The molecule has 29 heavy (non-hydrogen) atoms. The summed E-state index contributed by atoms with van der Waals surface area (Å²) >= 11 is 1.58. The number of aryl methyl sites for hydroxylation is 1. The van der Waals surface area contributed by atoms with Crippen LogP contribution in [0.3, 0.4) is 0 Å². The van der Waals surface area contributed by atoms with Crippen LogP contribution in [0.15, 0.2) is 72.8 Å². The van der Waals surface area contributed by atoms with Gasteiger partial charge in [0.25, 0.3) is 5.91 Å². The first-order valence-electron chi connectivity index (χ1n) is 9.18. The first-order chi connectivity index (χ1) is 14.0. The molecule has 146 valence electrons. The Morgan fingerprint density at radius 1 is 1.07 bits per heavy atom. The van der Waals surface area contributed by atoms with Crippen molar-refractivity contribution in [1.29, 1.82) is 0 Å². The summed E-state index contributed by atoms with van der Waals surface area (Å²) < 4.78 is 13.3. The molecule has 0 spiro atoms. The molecule has 0 aromatic heterocycles. The number of nitrogens with zero attached hydrogens (tertiary/aromatic N) is 1. The summed E-state index contributed by atoms with van der Waals surface area (Å²) in [4.78, 5) is 26.6. The molecule has 3 aromatic rings. The second-order valence-electron chi connectivity index (χ2n) is 6.85. The van der Waals surface area contributed by atoms with Crippen molar-refractivity contribution in [3.8, 4) is 0 Å². The number of carbonyl (C=O) groups is 2. The highest BCUT2D eigenvalue weighted by atomic mass is 32.2. The van der Waals surface area contributed by atoms with Gasteiger partial charge in [0, 0.05) is 16.9 Å². The van der Waals surface area contributed by atoms with E-state index in [1.165, 1.54) is 18.2 Å². The molecule has 0 radical (unpaired) electrons. The van der Waals surface area contributed by atoms with E-state index in [1.807, 2.05) is 48.2 Å². The van der Waals surface area contributed by atoms with Gasteiger partial charge in [0.05, 0.1) is 5.75 Å². The summed E-state index contributed by atoms with van der Waals surface area (Å²) in [5.41, 5.74) is 3.83. The SMILES string of the molecule is Cc1cccc(N2C(=O)CS[C@@H]2c2ccc(NC(=O)c3cccc(F)c3)cc2)c1. The lowest BCUT2D eigenvalue weighted by Gasteiger charge is -2.25. The van der Waals surface area contributed by atoms with E-state index in [9.17, 15) is 14.0 Å². The highest BCUT2D eigenvalue weighted by Crippen LogP contribution is 2.42. The summed E-state index contributed by atoms with van der Waals surface area (Å²) in [6.45, 7) is 2.00. The minimum absolute atomic E-state index is 0.0779. The van der Waals surface area contributed by atoms with Crippen LogP contribution in [0, 0.1) is 12.7 Å².